The van der Waals surface area contributed by atoms with Crippen LogP contribution in [0.1, 0.15) is 33.6 Å². The van der Waals surface area contributed by atoms with Crippen LogP contribution in [0.5, 0.6) is 0 Å². The third-order valence-electron chi connectivity index (χ3n) is 3.24. The van der Waals surface area contributed by atoms with Crippen molar-refractivity contribution < 1.29 is 0 Å². The number of rotatable bonds is 0. The van der Waals surface area contributed by atoms with Crippen molar-refractivity contribution in [3.05, 3.63) is 0 Å². The van der Waals surface area contributed by atoms with E-state index in [0.29, 0.717) is 6.04 Å². The van der Waals surface area contributed by atoms with Crippen LogP contribution in [0, 0.1) is 17.8 Å². The van der Waals surface area contributed by atoms with E-state index in [1.54, 1.807) is 0 Å². The molecule has 0 amide bonds. The van der Waals surface area contributed by atoms with Gasteiger partial charge in [0.05, 0.1) is 0 Å². The second kappa shape index (κ2) is 2.33. The molecule has 0 spiro atoms. The Hall–Kier alpha value is -0.330. The highest BCUT2D eigenvalue weighted by atomic mass is 14.8. The maximum atomic E-state index is 4.67. The normalized spacial score (nSPS) is 49.2. The van der Waals surface area contributed by atoms with Crippen molar-refractivity contribution in [3.8, 4) is 0 Å². The molecule has 0 saturated heterocycles. The summed E-state index contributed by atoms with van der Waals surface area (Å²) >= 11 is 0. The quantitative estimate of drug-likeness (QED) is 0.504. The molecule has 0 aromatic rings. The van der Waals surface area contributed by atoms with Gasteiger partial charge in [-0.3, -0.25) is 4.99 Å². The predicted molar refractivity (Wildman–Crippen MR) is 47.9 cm³/mol. The molecule has 0 aromatic heterocycles. The Bertz CT molecular complexity index is 195. The van der Waals surface area contributed by atoms with Crippen molar-refractivity contribution in [2.45, 2.75) is 39.7 Å². The molecule has 4 atom stereocenters. The van der Waals surface area contributed by atoms with E-state index < -0.39 is 0 Å². The molecule has 1 saturated carbocycles. The molecule has 2 rings (SSSR count). The summed E-state index contributed by atoms with van der Waals surface area (Å²) in [6.45, 7) is 6.83. The number of nitrogens with zero attached hydrogens (tertiary/aromatic N) is 1. The molecule has 62 valence electrons. The van der Waals surface area contributed by atoms with E-state index in [9.17, 15) is 0 Å². The van der Waals surface area contributed by atoms with Crippen molar-refractivity contribution in [1.29, 1.82) is 0 Å². The van der Waals surface area contributed by atoms with Crippen LogP contribution in [-0.4, -0.2) is 11.8 Å². The number of aliphatic imine (C=N–C) groups is 1. The summed E-state index contributed by atoms with van der Waals surface area (Å²) in [5.41, 5.74) is 1.42. The van der Waals surface area contributed by atoms with Gasteiger partial charge in [0, 0.05) is 11.8 Å². The van der Waals surface area contributed by atoms with Gasteiger partial charge in [-0.2, -0.15) is 0 Å². The SMILES string of the molecule is CC1=NC(C)CC(C)[C@H]2C[C@@H]12. The zero-order valence-corrected chi connectivity index (χ0v) is 7.67. The number of hydrogen-bond donors (Lipinski definition) is 0. The van der Waals surface area contributed by atoms with Crippen LogP contribution in [0.2, 0.25) is 0 Å². The van der Waals surface area contributed by atoms with Crippen LogP contribution in [0.4, 0.5) is 0 Å². The van der Waals surface area contributed by atoms with Gasteiger partial charge in [0.25, 0.3) is 0 Å². The first-order chi connectivity index (χ1) is 5.18. The van der Waals surface area contributed by atoms with Gasteiger partial charge in [0.2, 0.25) is 0 Å². The minimum Gasteiger partial charge on any atom is -0.291 e. The van der Waals surface area contributed by atoms with Crippen molar-refractivity contribution in [2.24, 2.45) is 22.7 Å². The lowest BCUT2D eigenvalue weighted by atomic mass is 9.98. The summed E-state index contributed by atoms with van der Waals surface area (Å²) in [7, 11) is 0. The average molecular weight is 151 g/mol. The topological polar surface area (TPSA) is 12.4 Å². The zero-order valence-electron chi connectivity index (χ0n) is 7.67. The molecule has 1 heterocycles. The van der Waals surface area contributed by atoms with Gasteiger partial charge in [-0.1, -0.05) is 6.92 Å². The number of hydrogen-bond acceptors (Lipinski definition) is 1. The first-order valence-corrected chi connectivity index (χ1v) is 4.72. The van der Waals surface area contributed by atoms with Crippen LogP contribution < -0.4 is 0 Å². The molecule has 0 aromatic carbocycles. The third-order valence-corrected chi connectivity index (χ3v) is 3.24. The highest BCUT2D eigenvalue weighted by Gasteiger charge is 2.44. The molecular formula is C10H17N. The zero-order chi connectivity index (χ0) is 8.01. The largest absolute Gasteiger partial charge is 0.291 e. The summed E-state index contributed by atoms with van der Waals surface area (Å²) < 4.78 is 0. The lowest BCUT2D eigenvalue weighted by molar-refractivity contribution is 0.436. The summed E-state index contributed by atoms with van der Waals surface area (Å²) in [5.74, 6) is 2.77. The van der Waals surface area contributed by atoms with E-state index in [2.05, 4.69) is 25.8 Å². The van der Waals surface area contributed by atoms with E-state index in [1.807, 2.05) is 0 Å². The molecular weight excluding hydrogens is 134 g/mol. The Balaban J connectivity index is 2.15. The van der Waals surface area contributed by atoms with Crippen LogP contribution >= 0.6 is 0 Å². The van der Waals surface area contributed by atoms with E-state index in [1.165, 1.54) is 18.6 Å². The summed E-state index contributed by atoms with van der Waals surface area (Å²) in [5, 5.41) is 0. The van der Waals surface area contributed by atoms with E-state index in [4.69, 9.17) is 0 Å². The van der Waals surface area contributed by atoms with Crippen LogP contribution in [0.25, 0.3) is 0 Å². The lowest BCUT2D eigenvalue weighted by Crippen LogP contribution is -2.05. The smallest absolute Gasteiger partial charge is 0.0473 e. The van der Waals surface area contributed by atoms with Gasteiger partial charge >= 0.3 is 0 Å². The second-order valence-electron chi connectivity index (χ2n) is 4.34. The third kappa shape index (κ3) is 1.21. The van der Waals surface area contributed by atoms with Gasteiger partial charge in [-0.25, -0.2) is 0 Å². The molecule has 1 heteroatoms. The average Bonchev–Trinajstić information content (AvgIpc) is 2.62. The lowest BCUT2D eigenvalue weighted by Gasteiger charge is -2.10. The first kappa shape index (κ1) is 7.33. The van der Waals surface area contributed by atoms with E-state index >= 15 is 0 Å². The van der Waals surface area contributed by atoms with Crippen LogP contribution in [0.15, 0.2) is 4.99 Å². The van der Waals surface area contributed by atoms with Gasteiger partial charge in [-0.15, -0.1) is 0 Å². The highest BCUT2D eigenvalue weighted by Crippen LogP contribution is 2.48. The minimum atomic E-state index is 0.581. The van der Waals surface area contributed by atoms with Crippen molar-refractivity contribution in [3.63, 3.8) is 0 Å². The molecule has 1 aliphatic carbocycles. The molecule has 11 heavy (non-hydrogen) atoms. The van der Waals surface area contributed by atoms with Crippen LogP contribution in [-0.2, 0) is 0 Å². The second-order valence-corrected chi connectivity index (χ2v) is 4.34. The molecule has 1 aliphatic heterocycles. The molecule has 0 bridgehead atoms. The van der Waals surface area contributed by atoms with E-state index in [-0.39, 0.29) is 0 Å². The van der Waals surface area contributed by atoms with E-state index in [0.717, 1.165) is 17.8 Å². The van der Waals surface area contributed by atoms with Gasteiger partial charge in [0.1, 0.15) is 0 Å². The van der Waals surface area contributed by atoms with Crippen molar-refractivity contribution in [2.75, 3.05) is 0 Å². The Morgan fingerprint density at radius 1 is 1.27 bits per heavy atom. The molecule has 2 unspecified atom stereocenters. The fourth-order valence-corrected chi connectivity index (χ4v) is 2.53. The fourth-order valence-electron chi connectivity index (χ4n) is 2.53. The minimum absolute atomic E-state index is 0.581. The summed E-state index contributed by atoms with van der Waals surface area (Å²) in [4.78, 5) is 4.67. The maximum absolute atomic E-state index is 4.67. The molecule has 0 radical (unpaired) electrons. The first-order valence-electron chi connectivity index (χ1n) is 4.72. The molecule has 1 fully saturated rings. The predicted octanol–water partition coefficient (Wildman–Crippen LogP) is 2.51. The Morgan fingerprint density at radius 2 is 2.00 bits per heavy atom. The summed E-state index contributed by atoms with van der Waals surface area (Å²) in [6, 6.07) is 0.581. The molecule has 2 aliphatic rings. The van der Waals surface area contributed by atoms with Crippen molar-refractivity contribution in [1.82, 2.24) is 0 Å². The summed E-state index contributed by atoms with van der Waals surface area (Å²) in [6.07, 6.45) is 2.72. The van der Waals surface area contributed by atoms with Gasteiger partial charge < -0.3 is 0 Å². The van der Waals surface area contributed by atoms with Crippen molar-refractivity contribution >= 4 is 5.71 Å². The van der Waals surface area contributed by atoms with Gasteiger partial charge in [0.15, 0.2) is 0 Å². The highest BCUT2D eigenvalue weighted by molar-refractivity contribution is 5.87. The molecule has 1 nitrogen and oxygen atoms in total. The monoisotopic (exact) mass is 151 g/mol. The fraction of sp³-hybridized carbons (Fsp3) is 0.900. The number of fused-ring (bicyclic) bond motifs is 1. The Labute approximate surface area is 68.9 Å². The molecule has 0 N–H and O–H groups in total. The van der Waals surface area contributed by atoms with Gasteiger partial charge in [-0.05, 0) is 44.4 Å². The standard InChI is InChI=1S/C10H17N/c1-6-4-7(2)11-8(3)10-5-9(6)10/h6-7,9-10H,4-5H2,1-3H3/t6?,7?,9-,10+/m1/s1. The maximum Gasteiger partial charge on any atom is 0.0473 e. The Morgan fingerprint density at radius 3 is 2.73 bits per heavy atom. The van der Waals surface area contributed by atoms with Crippen LogP contribution in [0.3, 0.4) is 0 Å². The Kier molecular flexibility index (Phi) is 1.55.